The number of phenols is 1. The molecule has 106 valence electrons. The monoisotopic (exact) mass is 269 g/mol. The third kappa shape index (κ3) is 2.59. The van der Waals surface area contributed by atoms with Crippen molar-refractivity contribution in [3.63, 3.8) is 0 Å². The van der Waals surface area contributed by atoms with E-state index in [2.05, 4.69) is 5.32 Å². The van der Waals surface area contributed by atoms with Crippen molar-refractivity contribution in [3.8, 4) is 5.75 Å². The van der Waals surface area contributed by atoms with Gasteiger partial charge in [-0.2, -0.15) is 0 Å². The summed E-state index contributed by atoms with van der Waals surface area (Å²) in [5, 5.41) is 13.5. The van der Waals surface area contributed by atoms with E-state index >= 15 is 0 Å². The summed E-state index contributed by atoms with van der Waals surface area (Å²) in [6.45, 7) is 6.76. The van der Waals surface area contributed by atoms with E-state index in [9.17, 15) is 13.9 Å². The second-order valence-corrected chi connectivity index (χ2v) is 5.82. The average molecular weight is 269 g/mol. The van der Waals surface area contributed by atoms with Crippen LogP contribution in [0, 0.1) is 0 Å². The largest absolute Gasteiger partial charge is 0.507 e. The first-order valence-electron chi connectivity index (χ1n) is 6.75. The SMILES string of the molecule is CC(C)c1cc(C(F)F)c(O)c(C2(C)CCCN2)c1. The van der Waals surface area contributed by atoms with Gasteiger partial charge in [0.25, 0.3) is 6.43 Å². The lowest BCUT2D eigenvalue weighted by Gasteiger charge is -2.28. The van der Waals surface area contributed by atoms with Crippen molar-refractivity contribution in [1.82, 2.24) is 5.32 Å². The number of nitrogens with one attached hydrogen (secondary N) is 1. The van der Waals surface area contributed by atoms with Crippen LogP contribution in [0.15, 0.2) is 12.1 Å². The van der Waals surface area contributed by atoms with E-state index in [4.69, 9.17) is 0 Å². The molecule has 4 heteroatoms. The summed E-state index contributed by atoms with van der Waals surface area (Å²) in [4.78, 5) is 0. The van der Waals surface area contributed by atoms with E-state index < -0.39 is 12.0 Å². The molecule has 0 amide bonds. The molecule has 1 heterocycles. The molecule has 1 atom stereocenters. The summed E-state index contributed by atoms with van der Waals surface area (Å²) >= 11 is 0. The van der Waals surface area contributed by atoms with Crippen LogP contribution in [0.25, 0.3) is 0 Å². The van der Waals surface area contributed by atoms with E-state index in [0.717, 1.165) is 24.9 Å². The van der Waals surface area contributed by atoms with Gasteiger partial charge >= 0.3 is 0 Å². The molecule has 0 radical (unpaired) electrons. The Morgan fingerprint density at radius 3 is 2.47 bits per heavy atom. The van der Waals surface area contributed by atoms with E-state index in [1.165, 1.54) is 6.07 Å². The van der Waals surface area contributed by atoms with Crippen LogP contribution in [0.2, 0.25) is 0 Å². The van der Waals surface area contributed by atoms with Crippen molar-refractivity contribution in [3.05, 3.63) is 28.8 Å². The second kappa shape index (κ2) is 5.08. The maximum Gasteiger partial charge on any atom is 0.267 e. The molecular formula is C15H21F2NO. The molecule has 1 saturated heterocycles. The lowest BCUT2D eigenvalue weighted by Crippen LogP contribution is -2.33. The fraction of sp³-hybridized carbons (Fsp3) is 0.600. The zero-order chi connectivity index (χ0) is 14.2. The molecule has 2 nitrogen and oxygen atoms in total. The van der Waals surface area contributed by atoms with Crippen molar-refractivity contribution in [2.45, 2.75) is 51.5 Å². The van der Waals surface area contributed by atoms with Crippen LogP contribution in [-0.2, 0) is 5.54 Å². The van der Waals surface area contributed by atoms with Crippen LogP contribution in [0.5, 0.6) is 5.75 Å². The van der Waals surface area contributed by atoms with E-state index in [1.807, 2.05) is 26.8 Å². The smallest absolute Gasteiger partial charge is 0.267 e. The van der Waals surface area contributed by atoms with E-state index in [1.54, 1.807) is 0 Å². The molecule has 1 aliphatic heterocycles. The van der Waals surface area contributed by atoms with Gasteiger partial charge in [0, 0.05) is 11.1 Å². The first-order valence-corrected chi connectivity index (χ1v) is 6.75. The molecule has 1 aliphatic rings. The Labute approximate surface area is 112 Å². The molecule has 0 spiro atoms. The third-order valence-corrected chi connectivity index (χ3v) is 4.03. The lowest BCUT2D eigenvalue weighted by molar-refractivity contribution is 0.146. The van der Waals surface area contributed by atoms with Crippen LogP contribution in [-0.4, -0.2) is 11.7 Å². The highest BCUT2D eigenvalue weighted by Crippen LogP contribution is 2.42. The Morgan fingerprint density at radius 2 is 2.00 bits per heavy atom. The molecule has 0 aliphatic carbocycles. The van der Waals surface area contributed by atoms with Crippen LogP contribution in [0.3, 0.4) is 0 Å². The summed E-state index contributed by atoms with van der Waals surface area (Å²) in [5.41, 5.74) is 0.791. The highest BCUT2D eigenvalue weighted by Gasteiger charge is 2.34. The highest BCUT2D eigenvalue weighted by molar-refractivity contribution is 5.49. The summed E-state index contributed by atoms with van der Waals surface area (Å²) < 4.78 is 26.2. The van der Waals surface area contributed by atoms with Crippen molar-refractivity contribution >= 4 is 0 Å². The van der Waals surface area contributed by atoms with Gasteiger partial charge in [-0.05, 0) is 49.9 Å². The van der Waals surface area contributed by atoms with Crippen LogP contribution < -0.4 is 5.32 Å². The molecule has 1 aromatic carbocycles. The Hall–Kier alpha value is -1.16. The Bertz CT molecular complexity index is 465. The van der Waals surface area contributed by atoms with Gasteiger partial charge in [-0.25, -0.2) is 8.78 Å². The summed E-state index contributed by atoms with van der Waals surface area (Å²) in [6.07, 6.45) is -0.807. The predicted octanol–water partition coefficient (Wildman–Crippen LogP) is 4.05. The molecule has 2 N–H and O–H groups in total. The van der Waals surface area contributed by atoms with Gasteiger partial charge < -0.3 is 10.4 Å². The number of hydrogen-bond donors (Lipinski definition) is 2. The maximum atomic E-state index is 13.1. The standard InChI is InChI=1S/C15H21F2NO/c1-9(2)10-7-11(14(16)17)13(19)12(8-10)15(3)5-4-6-18-15/h7-9,14,18-19H,4-6H2,1-3H3. The van der Waals surface area contributed by atoms with Crippen molar-refractivity contribution < 1.29 is 13.9 Å². The number of halogens is 2. The minimum Gasteiger partial charge on any atom is -0.507 e. The van der Waals surface area contributed by atoms with Crippen LogP contribution in [0.4, 0.5) is 8.78 Å². The second-order valence-electron chi connectivity index (χ2n) is 5.82. The zero-order valence-electron chi connectivity index (χ0n) is 11.6. The minimum absolute atomic E-state index is 0.154. The maximum absolute atomic E-state index is 13.1. The molecule has 19 heavy (non-hydrogen) atoms. The molecule has 0 aromatic heterocycles. The average Bonchev–Trinajstić information content (AvgIpc) is 2.76. The van der Waals surface area contributed by atoms with Crippen LogP contribution >= 0.6 is 0 Å². The third-order valence-electron chi connectivity index (χ3n) is 4.03. The van der Waals surface area contributed by atoms with Crippen molar-refractivity contribution in [2.75, 3.05) is 6.54 Å². The molecule has 1 unspecified atom stereocenters. The molecule has 1 fully saturated rings. The quantitative estimate of drug-likeness (QED) is 0.867. The molecule has 0 saturated carbocycles. The fourth-order valence-electron chi connectivity index (χ4n) is 2.72. The number of aromatic hydroxyl groups is 1. The first-order chi connectivity index (χ1) is 8.85. The van der Waals surface area contributed by atoms with Gasteiger partial charge in [0.2, 0.25) is 0 Å². The number of benzene rings is 1. The van der Waals surface area contributed by atoms with Crippen LogP contribution in [0.1, 0.15) is 62.6 Å². The summed E-state index contributed by atoms with van der Waals surface area (Å²) in [5.74, 6) is -0.0989. The highest BCUT2D eigenvalue weighted by atomic mass is 19.3. The Kier molecular flexibility index (Phi) is 3.81. The van der Waals surface area contributed by atoms with Crippen molar-refractivity contribution in [1.29, 1.82) is 0 Å². The summed E-state index contributed by atoms with van der Waals surface area (Å²) in [6, 6.07) is 3.29. The lowest BCUT2D eigenvalue weighted by atomic mass is 9.85. The van der Waals surface area contributed by atoms with Gasteiger partial charge in [0.1, 0.15) is 5.75 Å². The molecule has 2 rings (SSSR count). The number of phenolic OH excluding ortho intramolecular Hbond substituents is 1. The van der Waals surface area contributed by atoms with E-state index in [-0.39, 0.29) is 17.2 Å². The Balaban J connectivity index is 2.58. The number of rotatable bonds is 3. The van der Waals surface area contributed by atoms with Gasteiger partial charge in [0.05, 0.1) is 5.56 Å². The Morgan fingerprint density at radius 1 is 1.32 bits per heavy atom. The van der Waals surface area contributed by atoms with Gasteiger partial charge in [-0.15, -0.1) is 0 Å². The zero-order valence-corrected chi connectivity index (χ0v) is 11.6. The van der Waals surface area contributed by atoms with Gasteiger partial charge in [0.15, 0.2) is 0 Å². The topological polar surface area (TPSA) is 32.3 Å². The van der Waals surface area contributed by atoms with Gasteiger partial charge in [-0.1, -0.05) is 13.8 Å². The first kappa shape index (κ1) is 14.3. The number of alkyl halides is 2. The molecule has 1 aromatic rings. The molecular weight excluding hydrogens is 248 g/mol. The van der Waals surface area contributed by atoms with Gasteiger partial charge in [-0.3, -0.25) is 0 Å². The normalized spacial score (nSPS) is 23.5. The van der Waals surface area contributed by atoms with Crippen molar-refractivity contribution in [2.24, 2.45) is 0 Å². The fourth-order valence-corrected chi connectivity index (χ4v) is 2.72. The summed E-state index contributed by atoms with van der Waals surface area (Å²) in [7, 11) is 0. The van der Waals surface area contributed by atoms with E-state index in [0.29, 0.717) is 5.56 Å². The number of hydrogen-bond acceptors (Lipinski definition) is 2. The molecule has 0 bridgehead atoms. The predicted molar refractivity (Wildman–Crippen MR) is 71.7 cm³/mol. The minimum atomic E-state index is -2.65.